The number of hydrogen-bond donors (Lipinski definition) is 2. The molecule has 1 unspecified atom stereocenters. The van der Waals surface area contributed by atoms with E-state index in [0.29, 0.717) is 23.2 Å². The van der Waals surface area contributed by atoms with Gasteiger partial charge in [-0.15, -0.1) is 0 Å². The molecule has 0 saturated heterocycles. The summed E-state index contributed by atoms with van der Waals surface area (Å²) in [5, 5.41) is 12.3. The molecule has 0 aliphatic heterocycles. The van der Waals surface area contributed by atoms with Crippen LogP contribution in [0.1, 0.15) is 24.2 Å². The fourth-order valence-corrected chi connectivity index (χ4v) is 1.54. The number of phenolic OH excluding ortho intramolecular Hbond substituents is 1. The van der Waals surface area contributed by atoms with Crippen molar-refractivity contribution >= 4 is 21.8 Å². The molecule has 0 aliphatic carbocycles. The van der Waals surface area contributed by atoms with E-state index >= 15 is 0 Å². The van der Waals surface area contributed by atoms with E-state index in [1.807, 2.05) is 13.8 Å². The fraction of sp³-hybridized carbons (Fsp3) is 0.417. The normalized spacial score (nSPS) is 12.2. The molecule has 0 saturated carbocycles. The fourth-order valence-electron chi connectivity index (χ4n) is 1.30. The number of carbonyl (C=O) groups is 1. The van der Waals surface area contributed by atoms with E-state index in [2.05, 4.69) is 21.2 Å². The first kappa shape index (κ1) is 14.0. The molecular formula is C12H16BrNO3. The van der Waals surface area contributed by atoms with Gasteiger partial charge in [0.05, 0.1) is 11.1 Å². The van der Waals surface area contributed by atoms with Crippen LogP contribution in [0.2, 0.25) is 0 Å². The zero-order valence-electron chi connectivity index (χ0n) is 9.87. The lowest BCUT2D eigenvalue weighted by Crippen LogP contribution is -2.35. The maximum absolute atomic E-state index is 11.8. The Morgan fingerprint density at radius 2 is 2.29 bits per heavy atom. The van der Waals surface area contributed by atoms with Crippen LogP contribution < -0.4 is 5.32 Å². The third kappa shape index (κ3) is 4.36. The molecule has 94 valence electrons. The molecule has 0 fully saturated rings. The monoisotopic (exact) mass is 301 g/mol. The van der Waals surface area contributed by atoms with Crippen LogP contribution in [0, 0.1) is 0 Å². The van der Waals surface area contributed by atoms with E-state index in [1.54, 1.807) is 12.1 Å². The summed E-state index contributed by atoms with van der Waals surface area (Å²) in [5.41, 5.74) is 0.425. The molecule has 1 atom stereocenters. The number of aromatic hydroxyl groups is 1. The predicted molar refractivity (Wildman–Crippen MR) is 69.2 cm³/mol. The third-order valence-electron chi connectivity index (χ3n) is 2.16. The summed E-state index contributed by atoms with van der Waals surface area (Å²) < 4.78 is 5.77. The highest BCUT2D eigenvalue weighted by atomic mass is 79.9. The second-order valence-corrected chi connectivity index (χ2v) is 4.55. The Kier molecular flexibility index (Phi) is 5.44. The molecule has 1 amide bonds. The molecule has 1 aromatic carbocycles. The van der Waals surface area contributed by atoms with Crippen molar-refractivity contribution in [3.63, 3.8) is 0 Å². The van der Waals surface area contributed by atoms with E-state index in [9.17, 15) is 9.90 Å². The summed E-state index contributed by atoms with van der Waals surface area (Å²) in [6, 6.07) is 4.64. The Morgan fingerprint density at radius 1 is 1.59 bits per heavy atom. The number of amides is 1. The van der Waals surface area contributed by atoms with Crippen LogP contribution >= 0.6 is 15.9 Å². The number of rotatable bonds is 5. The van der Waals surface area contributed by atoms with Crippen LogP contribution in [-0.2, 0) is 4.74 Å². The van der Waals surface area contributed by atoms with Crippen molar-refractivity contribution in [2.45, 2.75) is 19.9 Å². The van der Waals surface area contributed by atoms with Gasteiger partial charge in [-0.3, -0.25) is 4.79 Å². The molecular weight excluding hydrogens is 286 g/mol. The van der Waals surface area contributed by atoms with Crippen molar-refractivity contribution in [3.8, 4) is 5.75 Å². The number of ether oxygens (including phenoxy) is 1. The van der Waals surface area contributed by atoms with Gasteiger partial charge in [-0.25, -0.2) is 0 Å². The average Bonchev–Trinajstić information content (AvgIpc) is 2.30. The Morgan fingerprint density at radius 3 is 2.88 bits per heavy atom. The molecule has 0 aliphatic rings. The maximum atomic E-state index is 11.8. The van der Waals surface area contributed by atoms with Crippen molar-refractivity contribution in [1.82, 2.24) is 5.32 Å². The van der Waals surface area contributed by atoms with Crippen molar-refractivity contribution in [2.75, 3.05) is 13.2 Å². The summed E-state index contributed by atoms with van der Waals surface area (Å²) in [7, 11) is 0. The quantitative estimate of drug-likeness (QED) is 0.877. The summed E-state index contributed by atoms with van der Waals surface area (Å²) in [4.78, 5) is 11.8. The van der Waals surface area contributed by atoms with E-state index in [0.717, 1.165) is 0 Å². The van der Waals surface area contributed by atoms with Crippen molar-refractivity contribution in [3.05, 3.63) is 28.2 Å². The number of phenols is 1. The lowest BCUT2D eigenvalue weighted by atomic mass is 10.2. The highest BCUT2D eigenvalue weighted by molar-refractivity contribution is 9.10. The second-order valence-electron chi connectivity index (χ2n) is 3.70. The minimum atomic E-state index is -0.222. The molecule has 17 heavy (non-hydrogen) atoms. The van der Waals surface area contributed by atoms with Gasteiger partial charge in [0, 0.05) is 18.2 Å². The number of halogens is 1. The molecule has 0 spiro atoms. The maximum Gasteiger partial charge on any atom is 0.251 e. The molecule has 0 heterocycles. The lowest BCUT2D eigenvalue weighted by molar-refractivity contribution is 0.0871. The summed E-state index contributed by atoms with van der Waals surface area (Å²) in [5.74, 6) is -0.171. The molecule has 5 heteroatoms. The van der Waals surface area contributed by atoms with Gasteiger partial charge in [-0.1, -0.05) is 0 Å². The molecule has 4 nitrogen and oxygen atoms in total. The van der Waals surface area contributed by atoms with E-state index < -0.39 is 0 Å². The average molecular weight is 302 g/mol. The standard InChI is InChI=1S/C12H16BrNO3/c1-3-17-7-8(2)14-12(16)9-4-5-10(13)11(15)6-9/h4-6,8,15H,3,7H2,1-2H3,(H,14,16). The van der Waals surface area contributed by atoms with Gasteiger partial charge in [-0.2, -0.15) is 0 Å². The van der Waals surface area contributed by atoms with Gasteiger partial charge in [0.1, 0.15) is 5.75 Å². The molecule has 0 aromatic heterocycles. The zero-order chi connectivity index (χ0) is 12.8. The number of nitrogens with one attached hydrogen (secondary N) is 1. The zero-order valence-corrected chi connectivity index (χ0v) is 11.5. The van der Waals surface area contributed by atoms with Crippen molar-refractivity contribution < 1.29 is 14.6 Å². The van der Waals surface area contributed by atoms with Crippen LogP contribution in [-0.4, -0.2) is 30.3 Å². The van der Waals surface area contributed by atoms with Gasteiger partial charge >= 0.3 is 0 Å². The predicted octanol–water partition coefficient (Wildman–Crippen LogP) is 2.31. The Labute approximate surface area is 109 Å². The summed E-state index contributed by atoms with van der Waals surface area (Å²) in [6.07, 6.45) is 0. The van der Waals surface area contributed by atoms with Crippen LogP contribution in [0.4, 0.5) is 0 Å². The largest absolute Gasteiger partial charge is 0.507 e. The number of benzene rings is 1. The van der Waals surface area contributed by atoms with Crippen molar-refractivity contribution in [1.29, 1.82) is 0 Å². The van der Waals surface area contributed by atoms with Gasteiger partial charge in [0.15, 0.2) is 0 Å². The Bertz CT molecular complexity index is 395. The first-order valence-corrected chi connectivity index (χ1v) is 6.21. The van der Waals surface area contributed by atoms with Crippen LogP contribution in [0.5, 0.6) is 5.75 Å². The smallest absolute Gasteiger partial charge is 0.251 e. The summed E-state index contributed by atoms with van der Waals surface area (Å²) >= 11 is 3.16. The minimum Gasteiger partial charge on any atom is -0.507 e. The number of carbonyl (C=O) groups excluding carboxylic acids is 1. The topological polar surface area (TPSA) is 58.6 Å². The van der Waals surface area contributed by atoms with Gasteiger partial charge in [0.25, 0.3) is 5.91 Å². The third-order valence-corrected chi connectivity index (χ3v) is 2.83. The molecule has 0 bridgehead atoms. The van der Waals surface area contributed by atoms with Gasteiger partial charge in [-0.05, 0) is 48.0 Å². The minimum absolute atomic E-state index is 0.0510. The SMILES string of the molecule is CCOCC(C)NC(=O)c1ccc(Br)c(O)c1. The highest BCUT2D eigenvalue weighted by Gasteiger charge is 2.11. The molecule has 2 N–H and O–H groups in total. The van der Waals surface area contributed by atoms with Crippen LogP contribution in [0.3, 0.4) is 0 Å². The van der Waals surface area contributed by atoms with E-state index in [1.165, 1.54) is 6.07 Å². The molecule has 1 rings (SSSR count). The first-order valence-electron chi connectivity index (χ1n) is 5.41. The highest BCUT2D eigenvalue weighted by Crippen LogP contribution is 2.24. The van der Waals surface area contributed by atoms with Gasteiger partial charge < -0.3 is 15.2 Å². The molecule has 1 aromatic rings. The van der Waals surface area contributed by atoms with Gasteiger partial charge in [0.2, 0.25) is 0 Å². The summed E-state index contributed by atoms with van der Waals surface area (Å²) in [6.45, 7) is 4.87. The van der Waals surface area contributed by atoms with E-state index in [4.69, 9.17) is 4.74 Å². The molecule has 0 radical (unpaired) electrons. The van der Waals surface area contributed by atoms with Crippen LogP contribution in [0.15, 0.2) is 22.7 Å². The van der Waals surface area contributed by atoms with Crippen molar-refractivity contribution in [2.24, 2.45) is 0 Å². The van der Waals surface area contributed by atoms with E-state index in [-0.39, 0.29) is 17.7 Å². The lowest BCUT2D eigenvalue weighted by Gasteiger charge is -2.13. The second kappa shape index (κ2) is 6.61. The van der Waals surface area contributed by atoms with Crippen LogP contribution in [0.25, 0.3) is 0 Å². The first-order chi connectivity index (χ1) is 8.04. The Balaban J connectivity index is 2.60. The Hall–Kier alpha value is -1.07. The number of hydrogen-bond acceptors (Lipinski definition) is 3.